The van der Waals surface area contributed by atoms with Gasteiger partial charge in [0.1, 0.15) is 23.5 Å². The van der Waals surface area contributed by atoms with Gasteiger partial charge in [-0.05, 0) is 49.7 Å². The monoisotopic (exact) mass is 715 g/mol. The molecule has 12 nitrogen and oxygen atoms in total. The highest BCUT2D eigenvalue weighted by Gasteiger charge is 2.62. The second-order valence-corrected chi connectivity index (χ2v) is 15.9. The Labute approximate surface area is 281 Å². The summed E-state index contributed by atoms with van der Waals surface area (Å²) in [4.78, 5) is 57.0. The van der Waals surface area contributed by atoms with E-state index in [1.54, 1.807) is 6.07 Å². The summed E-state index contributed by atoms with van der Waals surface area (Å²) in [5.74, 6) is -3.26. The maximum absolute atomic E-state index is 14.3. The number of benzene rings is 1. The minimum absolute atomic E-state index is 0.0493. The minimum atomic E-state index is -4.61. The van der Waals surface area contributed by atoms with Gasteiger partial charge in [-0.1, -0.05) is 44.2 Å². The molecule has 270 valence electrons. The summed E-state index contributed by atoms with van der Waals surface area (Å²) < 4.78 is 87.3. The van der Waals surface area contributed by atoms with Crippen LogP contribution in [0.4, 0.5) is 22.4 Å². The first kappa shape index (κ1) is 35.4. The largest absolute Gasteiger partial charge is 0.444 e. The molecule has 2 saturated carbocycles. The molecule has 6 rings (SSSR count). The van der Waals surface area contributed by atoms with E-state index in [1.165, 1.54) is 17.0 Å². The molecule has 49 heavy (non-hydrogen) atoms. The van der Waals surface area contributed by atoms with Crippen molar-refractivity contribution in [3.8, 4) is 0 Å². The van der Waals surface area contributed by atoms with Gasteiger partial charge in [-0.2, -0.15) is 13.2 Å². The zero-order valence-electron chi connectivity index (χ0n) is 26.9. The predicted molar refractivity (Wildman–Crippen MR) is 165 cm³/mol. The number of carbonyl (C=O) groups is 4. The fraction of sp³-hybridized carbons (Fsp3) is 0.688. The number of hydrogen-bond donors (Lipinski definition) is 3. The van der Waals surface area contributed by atoms with Crippen molar-refractivity contribution in [3.05, 3.63) is 35.1 Å². The Morgan fingerprint density at radius 3 is 2.43 bits per heavy atom. The molecule has 3 aliphatic heterocycles. The van der Waals surface area contributed by atoms with Crippen molar-refractivity contribution >= 4 is 33.8 Å². The van der Waals surface area contributed by atoms with Crippen molar-refractivity contribution < 1.29 is 49.9 Å². The van der Waals surface area contributed by atoms with E-state index in [9.17, 15) is 45.2 Å². The average molecular weight is 716 g/mol. The quantitative estimate of drug-likeness (QED) is 0.380. The predicted octanol–water partition coefficient (Wildman–Crippen LogP) is 3.00. The molecule has 2 saturated heterocycles. The van der Waals surface area contributed by atoms with Gasteiger partial charge in [-0.3, -0.25) is 29.3 Å². The molecule has 3 heterocycles. The summed E-state index contributed by atoms with van der Waals surface area (Å²) in [6.45, 7) is -1.70. The third-order valence-electron chi connectivity index (χ3n) is 10.2. The van der Waals surface area contributed by atoms with Crippen molar-refractivity contribution in [2.24, 2.45) is 5.92 Å². The molecule has 0 unspecified atom stereocenters. The number of halogens is 4. The maximum atomic E-state index is 14.3. The number of amides is 4. The zero-order chi connectivity index (χ0) is 35.1. The second-order valence-electron chi connectivity index (χ2n) is 13.9. The molecule has 4 fully saturated rings. The molecule has 4 amide bonds. The standard InChI is InChI=1S/C32H41F4N5O7S/c33-24-9-6-7-19-15-40(17-23(19)24)30(45)48-21-13-26-27(42)38-31(29(44)39-49(46,47)22-11-12-22)14-20(31)8-4-2-1-3-5-10-25(28(43)41(26)16-21)37-18-32(34,35)36/h6-7,9,20-22,25-26,37H,1-5,8,10-18H2,(H,38,42)(H,39,44)/t20-,21-,25+,26+,31-/m1/s1. The lowest BCUT2D eigenvalue weighted by Gasteiger charge is -2.30. The summed E-state index contributed by atoms with van der Waals surface area (Å²) in [5, 5.41) is 4.35. The highest BCUT2D eigenvalue weighted by atomic mass is 32.2. The number of fused-ring (bicyclic) bond motifs is 3. The van der Waals surface area contributed by atoms with Crippen LogP contribution in [0, 0.1) is 11.7 Å². The fourth-order valence-corrected chi connectivity index (χ4v) is 8.64. The first-order valence-corrected chi connectivity index (χ1v) is 18.4. The molecular weight excluding hydrogens is 674 g/mol. The molecule has 17 heteroatoms. The average Bonchev–Trinajstić information content (AvgIpc) is 3.91. The molecule has 0 aromatic heterocycles. The summed E-state index contributed by atoms with van der Waals surface area (Å²) in [7, 11) is -3.94. The van der Waals surface area contributed by atoms with Crippen LogP contribution in [0.25, 0.3) is 0 Å². The molecule has 0 radical (unpaired) electrons. The molecule has 1 aromatic carbocycles. The van der Waals surface area contributed by atoms with Crippen LogP contribution in [0.5, 0.6) is 0 Å². The van der Waals surface area contributed by atoms with Gasteiger partial charge in [0, 0.05) is 18.5 Å². The first-order chi connectivity index (χ1) is 23.2. The highest BCUT2D eigenvalue weighted by molar-refractivity contribution is 7.91. The van der Waals surface area contributed by atoms with Gasteiger partial charge >= 0.3 is 12.3 Å². The van der Waals surface area contributed by atoms with Crippen LogP contribution in [0.1, 0.15) is 81.8 Å². The normalized spacial score (nSPS) is 29.6. The molecule has 3 N–H and O–H groups in total. The number of alkyl halides is 3. The maximum Gasteiger partial charge on any atom is 0.410 e. The van der Waals surface area contributed by atoms with E-state index in [2.05, 4.69) is 15.4 Å². The molecule has 5 aliphatic rings. The Kier molecular flexibility index (Phi) is 9.87. The van der Waals surface area contributed by atoms with Crippen molar-refractivity contribution in [2.45, 2.75) is 119 Å². The Morgan fingerprint density at radius 1 is 1.02 bits per heavy atom. The number of hydrogen-bond acceptors (Lipinski definition) is 8. The van der Waals surface area contributed by atoms with Gasteiger partial charge in [-0.15, -0.1) is 0 Å². The van der Waals surface area contributed by atoms with Crippen LogP contribution >= 0.6 is 0 Å². The molecular formula is C32H41F4N5O7S. The van der Waals surface area contributed by atoms with Gasteiger partial charge in [0.15, 0.2) is 0 Å². The number of rotatable bonds is 6. The van der Waals surface area contributed by atoms with Crippen LogP contribution < -0.4 is 15.4 Å². The van der Waals surface area contributed by atoms with Gasteiger partial charge in [0.05, 0.1) is 30.9 Å². The first-order valence-electron chi connectivity index (χ1n) is 16.9. The van der Waals surface area contributed by atoms with Crippen LogP contribution in [-0.4, -0.2) is 90.3 Å². The summed E-state index contributed by atoms with van der Waals surface area (Å²) in [5.41, 5.74) is -0.587. The van der Waals surface area contributed by atoms with Crippen molar-refractivity contribution in [3.63, 3.8) is 0 Å². The van der Waals surface area contributed by atoms with Crippen LogP contribution in [0.15, 0.2) is 18.2 Å². The smallest absolute Gasteiger partial charge is 0.410 e. The summed E-state index contributed by atoms with van der Waals surface area (Å²) >= 11 is 0. The molecule has 0 bridgehead atoms. The Morgan fingerprint density at radius 2 is 1.73 bits per heavy atom. The van der Waals surface area contributed by atoms with E-state index in [4.69, 9.17) is 4.74 Å². The van der Waals surface area contributed by atoms with Gasteiger partial charge in [0.25, 0.3) is 5.91 Å². The Hall–Kier alpha value is -3.47. The number of sulfonamides is 1. The van der Waals surface area contributed by atoms with E-state index in [1.807, 2.05) is 0 Å². The zero-order valence-corrected chi connectivity index (χ0v) is 27.7. The number of nitrogens with one attached hydrogen (secondary N) is 3. The van der Waals surface area contributed by atoms with Gasteiger partial charge < -0.3 is 15.0 Å². The molecule has 2 aliphatic carbocycles. The number of ether oxygens (including phenoxy) is 1. The van der Waals surface area contributed by atoms with Gasteiger partial charge in [-0.25, -0.2) is 17.6 Å². The fourth-order valence-electron chi connectivity index (χ4n) is 7.27. The van der Waals surface area contributed by atoms with E-state index >= 15 is 0 Å². The van der Waals surface area contributed by atoms with E-state index in [0.29, 0.717) is 49.7 Å². The minimum Gasteiger partial charge on any atom is -0.444 e. The highest BCUT2D eigenvalue weighted by Crippen LogP contribution is 2.48. The van der Waals surface area contributed by atoms with Crippen molar-refractivity contribution in [1.82, 2.24) is 25.2 Å². The van der Waals surface area contributed by atoms with E-state index < -0.39 is 81.4 Å². The van der Waals surface area contributed by atoms with Crippen molar-refractivity contribution in [2.75, 3.05) is 13.1 Å². The molecule has 0 spiro atoms. The summed E-state index contributed by atoms with van der Waals surface area (Å²) in [6.07, 6.45) is -1.74. The molecule has 5 atom stereocenters. The molecule has 1 aromatic rings. The van der Waals surface area contributed by atoms with Crippen molar-refractivity contribution in [1.29, 1.82) is 0 Å². The van der Waals surface area contributed by atoms with Crippen LogP contribution in [0.3, 0.4) is 0 Å². The second kappa shape index (κ2) is 13.7. The number of nitrogens with zero attached hydrogens (tertiary/aromatic N) is 2. The van der Waals surface area contributed by atoms with E-state index in [0.717, 1.165) is 17.7 Å². The lowest BCUT2D eigenvalue weighted by atomic mass is 10.0. The Balaban J connectivity index is 1.23. The van der Waals surface area contributed by atoms with Crippen LogP contribution in [0.2, 0.25) is 0 Å². The number of carbonyl (C=O) groups excluding carboxylic acids is 4. The summed E-state index contributed by atoms with van der Waals surface area (Å²) in [6, 6.07) is 1.87. The topological polar surface area (TPSA) is 154 Å². The van der Waals surface area contributed by atoms with E-state index in [-0.39, 0.29) is 44.8 Å². The third-order valence-corrected chi connectivity index (χ3v) is 12.1. The van der Waals surface area contributed by atoms with Gasteiger partial charge in [0.2, 0.25) is 21.8 Å². The van der Waals surface area contributed by atoms with Crippen LogP contribution in [-0.2, 0) is 42.2 Å². The Bertz CT molecular complexity index is 1590. The lowest BCUT2D eigenvalue weighted by Crippen LogP contribution is -2.58. The SMILES string of the molecule is O=C1N[C@]2(C(=O)NS(=O)(=O)C3CC3)C[C@H]2CCCCCCC[C@H](NCC(F)(F)F)C(=O)N2C[C@H](OC(=O)N3Cc4cccc(F)c4C3)C[C@@H]12. The third kappa shape index (κ3) is 7.97. The lowest BCUT2D eigenvalue weighted by molar-refractivity contribution is -0.144.